The van der Waals surface area contributed by atoms with Crippen molar-refractivity contribution < 1.29 is 28.3 Å². The molecule has 1 aliphatic carbocycles. The predicted octanol–water partition coefficient (Wildman–Crippen LogP) is 1.96. The number of halogens is 1. The van der Waals surface area contributed by atoms with Crippen LogP contribution in [0.25, 0.3) is 0 Å². The van der Waals surface area contributed by atoms with E-state index in [2.05, 4.69) is 5.32 Å². The molecule has 0 bridgehead atoms. The average molecular weight is 388 g/mol. The number of carbonyl (C=O) groups excluding carboxylic acids is 4. The monoisotopic (exact) mass is 388 g/mol. The number of allylic oxidation sites excluding steroid dienone is 2. The molecular formula is C20H21FN2O5. The number of nitrogens with one attached hydrogen (secondary N) is 1. The van der Waals surface area contributed by atoms with Crippen LogP contribution in [-0.2, 0) is 23.9 Å². The maximum Gasteiger partial charge on any atom is 0.326 e. The fourth-order valence-corrected chi connectivity index (χ4v) is 3.36. The minimum atomic E-state index is -1.17. The van der Waals surface area contributed by atoms with Crippen molar-refractivity contribution in [3.63, 3.8) is 0 Å². The van der Waals surface area contributed by atoms with Gasteiger partial charge in [-0.05, 0) is 44.4 Å². The van der Waals surface area contributed by atoms with Gasteiger partial charge in [-0.2, -0.15) is 0 Å². The second kappa shape index (κ2) is 7.92. The second-order valence-electron chi connectivity index (χ2n) is 7.00. The highest BCUT2D eigenvalue weighted by Crippen LogP contribution is 2.34. The summed E-state index contributed by atoms with van der Waals surface area (Å²) >= 11 is 0. The molecule has 3 atom stereocenters. The Morgan fingerprint density at radius 1 is 1.21 bits per heavy atom. The van der Waals surface area contributed by atoms with Crippen molar-refractivity contribution in [2.45, 2.75) is 32.8 Å². The fourth-order valence-electron chi connectivity index (χ4n) is 3.36. The Bertz CT molecular complexity index is 840. The first kappa shape index (κ1) is 19.7. The molecule has 8 heteroatoms. The Kier molecular flexibility index (Phi) is 5.58. The molecule has 28 heavy (non-hydrogen) atoms. The number of imide groups is 1. The van der Waals surface area contributed by atoms with Crippen LogP contribution in [0.4, 0.5) is 10.1 Å². The molecule has 1 heterocycles. The number of carbonyl (C=O) groups is 4. The van der Waals surface area contributed by atoms with E-state index >= 15 is 0 Å². The minimum absolute atomic E-state index is 0.234. The van der Waals surface area contributed by atoms with Crippen LogP contribution in [0.15, 0.2) is 30.4 Å². The smallest absolute Gasteiger partial charge is 0.326 e. The van der Waals surface area contributed by atoms with Gasteiger partial charge in [-0.3, -0.25) is 24.1 Å². The summed E-state index contributed by atoms with van der Waals surface area (Å²) in [5.74, 6) is -3.60. The van der Waals surface area contributed by atoms with E-state index in [1.54, 1.807) is 6.92 Å². The van der Waals surface area contributed by atoms with Gasteiger partial charge < -0.3 is 10.1 Å². The van der Waals surface area contributed by atoms with Gasteiger partial charge in [0.1, 0.15) is 12.4 Å². The molecule has 1 saturated heterocycles. The van der Waals surface area contributed by atoms with Crippen molar-refractivity contribution in [1.29, 1.82) is 0 Å². The van der Waals surface area contributed by atoms with Crippen molar-refractivity contribution >= 4 is 29.4 Å². The zero-order chi connectivity index (χ0) is 20.4. The number of nitrogens with zero attached hydrogens (tertiary/aromatic N) is 1. The highest BCUT2D eigenvalue weighted by atomic mass is 19.1. The quantitative estimate of drug-likeness (QED) is 0.473. The summed E-state index contributed by atoms with van der Waals surface area (Å²) in [4.78, 5) is 49.9. The van der Waals surface area contributed by atoms with E-state index in [-0.39, 0.29) is 17.5 Å². The Balaban J connectivity index is 1.55. The summed E-state index contributed by atoms with van der Waals surface area (Å²) in [6.07, 6.45) is 3.50. The largest absolute Gasteiger partial charge is 0.451 e. The third-order valence-electron chi connectivity index (χ3n) is 5.00. The first-order valence-corrected chi connectivity index (χ1v) is 9.04. The molecule has 148 valence electrons. The maximum atomic E-state index is 13.6. The molecule has 0 spiro atoms. The molecule has 1 N–H and O–H groups in total. The highest BCUT2D eigenvalue weighted by molar-refractivity contribution is 6.07. The van der Waals surface area contributed by atoms with Crippen molar-refractivity contribution in [2.75, 3.05) is 11.9 Å². The number of fused-ring (bicyclic) bond motifs is 1. The standard InChI is InChI=1S/C20H21FN2O5/c1-11-7-8-13(9-16(11)21)22-18(25)12(2)28-17(24)10-23-19(26)14-5-3-4-6-15(14)20(23)27/h3-4,7-9,12,14-15H,5-6,10H2,1-2H3,(H,22,25)/t12-,14-,15+/m0/s1. The molecule has 1 aromatic rings. The number of ether oxygens (including phenoxy) is 1. The van der Waals surface area contributed by atoms with E-state index in [0.29, 0.717) is 18.4 Å². The van der Waals surface area contributed by atoms with Crippen LogP contribution in [-0.4, -0.2) is 41.2 Å². The van der Waals surface area contributed by atoms with Gasteiger partial charge in [-0.15, -0.1) is 0 Å². The lowest BCUT2D eigenvalue weighted by atomic mass is 9.85. The normalized spacial score (nSPS) is 22.0. The van der Waals surface area contributed by atoms with Gasteiger partial charge in [0.05, 0.1) is 11.8 Å². The van der Waals surface area contributed by atoms with Gasteiger partial charge in [0.25, 0.3) is 5.91 Å². The summed E-state index contributed by atoms with van der Waals surface area (Å²) < 4.78 is 18.6. The number of anilines is 1. The van der Waals surface area contributed by atoms with E-state index in [0.717, 1.165) is 4.90 Å². The Hall–Kier alpha value is -3.03. The number of amides is 3. The molecular weight excluding hydrogens is 367 g/mol. The van der Waals surface area contributed by atoms with Crippen molar-refractivity contribution in [3.05, 3.63) is 41.7 Å². The Labute approximate surface area is 161 Å². The molecule has 1 aliphatic heterocycles. The van der Waals surface area contributed by atoms with Gasteiger partial charge in [0.2, 0.25) is 11.8 Å². The lowest BCUT2D eigenvalue weighted by Gasteiger charge is -2.17. The lowest BCUT2D eigenvalue weighted by Crippen LogP contribution is -2.39. The Morgan fingerprint density at radius 3 is 2.39 bits per heavy atom. The summed E-state index contributed by atoms with van der Waals surface area (Å²) in [5.41, 5.74) is 0.672. The first-order chi connectivity index (χ1) is 13.3. The van der Waals surface area contributed by atoms with E-state index in [9.17, 15) is 23.6 Å². The van der Waals surface area contributed by atoms with Gasteiger partial charge in [0, 0.05) is 5.69 Å². The topological polar surface area (TPSA) is 92.8 Å². The van der Waals surface area contributed by atoms with Crippen molar-refractivity contribution in [2.24, 2.45) is 11.8 Å². The molecule has 0 saturated carbocycles. The van der Waals surface area contributed by atoms with Crippen molar-refractivity contribution in [1.82, 2.24) is 4.90 Å². The number of hydrogen-bond donors (Lipinski definition) is 1. The highest BCUT2D eigenvalue weighted by Gasteiger charge is 2.47. The molecule has 0 radical (unpaired) electrons. The zero-order valence-corrected chi connectivity index (χ0v) is 15.6. The van der Waals surface area contributed by atoms with Crippen LogP contribution in [0.3, 0.4) is 0 Å². The summed E-state index contributed by atoms with van der Waals surface area (Å²) in [6.45, 7) is 2.43. The molecule has 3 amide bonds. The number of benzene rings is 1. The van der Waals surface area contributed by atoms with Crippen LogP contribution < -0.4 is 5.32 Å². The summed E-state index contributed by atoms with van der Waals surface area (Å²) in [6, 6.07) is 4.21. The van der Waals surface area contributed by atoms with Gasteiger partial charge in [-0.1, -0.05) is 18.2 Å². The Morgan fingerprint density at radius 2 is 1.82 bits per heavy atom. The fraction of sp³-hybridized carbons (Fsp3) is 0.400. The second-order valence-corrected chi connectivity index (χ2v) is 7.00. The lowest BCUT2D eigenvalue weighted by molar-refractivity contribution is -0.158. The molecule has 7 nitrogen and oxygen atoms in total. The molecule has 3 rings (SSSR count). The number of rotatable bonds is 5. The number of aryl methyl sites for hydroxylation is 1. The molecule has 2 aliphatic rings. The first-order valence-electron chi connectivity index (χ1n) is 9.04. The molecule has 1 aromatic carbocycles. The number of likely N-dealkylation sites (tertiary alicyclic amines) is 1. The third kappa shape index (κ3) is 3.95. The maximum absolute atomic E-state index is 13.6. The summed E-state index contributed by atoms with van der Waals surface area (Å²) in [5, 5.41) is 2.46. The summed E-state index contributed by atoms with van der Waals surface area (Å²) in [7, 11) is 0. The average Bonchev–Trinajstić information content (AvgIpc) is 2.90. The molecule has 0 aromatic heterocycles. The number of hydrogen-bond acceptors (Lipinski definition) is 5. The zero-order valence-electron chi connectivity index (χ0n) is 15.6. The van der Waals surface area contributed by atoms with E-state index < -0.39 is 42.2 Å². The van der Waals surface area contributed by atoms with Gasteiger partial charge >= 0.3 is 5.97 Å². The van der Waals surface area contributed by atoms with E-state index in [1.807, 2.05) is 12.2 Å². The van der Waals surface area contributed by atoms with Crippen LogP contribution in [0, 0.1) is 24.6 Å². The minimum Gasteiger partial charge on any atom is -0.451 e. The van der Waals surface area contributed by atoms with E-state index in [4.69, 9.17) is 4.74 Å². The van der Waals surface area contributed by atoms with E-state index in [1.165, 1.54) is 25.1 Å². The van der Waals surface area contributed by atoms with Crippen LogP contribution in [0.5, 0.6) is 0 Å². The molecule has 0 unspecified atom stereocenters. The van der Waals surface area contributed by atoms with Crippen LogP contribution in [0.2, 0.25) is 0 Å². The number of esters is 1. The van der Waals surface area contributed by atoms with Crippen LogP contribution in [0.1, 0.15) is 25.3 Å². The third-order valence-corrected chi connectivity index (χ3v) is 5.00. The SMILES string of the molecule is Cc1ccc(NC(=O)[C@H](C)OC(=O)CN2C(=O)[C@H]3CC=CC[C@H]3C2=O)cc1F. The van der Waals surface area contributed by atoms with Crippen molar-refractivity contribution in [3.8, 4) is 0 Å². The molecule has 1 fully saturated rings. The van der Waals surface area contributed by atoms with Gasteiger partial charge in [0.15, 0.2) is 6.10 Å². The van der Waals surface area contributed by atoms with Gasteiger partial charge in [-0.25, -0.2) is 4.39 Å². The predicted molar refractivity (Wildman–Crippen MR) is 97.4 cm³/mol. The van der Waals surface area contributed by atoms with Crippen LogP contribution >= 0.6 is 0 Å².